The Morgan fingerprint density at radius 3 is 2.71 bits per heavy atom. The number of rotatable bonds is 2. The molecule has 88 valence electrons. The molecule has 1 rings (SSSR count). The molecule has 0 aliphatic carbocycles. The van der Waals surface area contributed by atoms with E-state index in [9.17, 15) is 9.59 Å². The number of nitrogen functional groups attached to an aromatic ring is 1. The lowest BCUT2D eigenvalue weighted by molar-refractivity contribution is -0.136. The second kappa shape index (κ2) is 5.56. The first-order valence-electron chi connectivity index (χ1n) is 4.85. The van der Waals surface area contributed by atoms with Crippen LogP contribution in [0.1, 0.15) is 22.8 Å². The van der Waals surface area contributed by atoms with E-state index in [4.69, 9.17) is 10.8 Å². The molecule has 0 bridgehead atoms. The van der Waals surface area contributed by atoms with E-state index in [2.05, 4.69) is 16.6 Å². The predicted molar refractivity (Wildman–Crippen MR) is 61.3 cm³/mol. The van der Waals surface area contributed by atoms with E-state index in [1.54, 1.807) is 6.92 Å². The third-order valence-corrected chi connectivity index (χ3v) is 1.79. The summed E-state index contributed by atoms with van der Waals surface area (Å²) < 4.78 is 4.61. The van der Waals surface area contributed by atoms with Crippen molar-refractivity contribution in [1.82, 2.24) is 0 Å². The molecule has 3 N–H and O–H groups in total. The molecule has 0 spiro atoms. The maximum Gasteiger partial charge on any atom is 0.384 e. The molecule has 0 atom stereocenters. The molecule has 0 aliphatic heterocycles. The van der Waals surface area contributed by atoms with Gasteiger partial charge in [0.1, 0.15) is 0 Å². The van der Waals surface area contributed by atoms with Gasteiger partial charge >= 0.3 is 11.9 Å². The molecule has 0 amide bonds. The van der Waals surface area contributed by atoms with Gasteiger partial charge in [-0.15, -0.1) is 0 Å². The van der Waals surface area contributed by atoms with E-state index in [-0.39, 0.29) is 17.9 Å². The molecule has 1 aromatic carbocycles. The lowest BCUT2D eigenvalue weighted by Crippen LogP contribution is -2.01. The normalized spacial score (nSPS) is 9.00. The van der Waals surface area contributed by atoms with Crippen LogP contribution in [0, 0.1) is 11.8 Å². The first kappa shape index (κ1) is 12.6. The summed E-state index contributed by atoms with van der Waals surface area (Å²) in [6.45, 7) is 1.91. The van der Waals surface area contributed by atoms with Crippen LogP contribution >= 0.6 is 0 Å². The van der Waals surface area contributed by atoms with Crippen LogP contribution in [-0.4, -0.2) is 23.7 Å². The van der Waals surface area contributed by atoms with Gasteiger partial charge < -0.3 is 15.6 Å². The smallest absolute Gasteiger partial charge is 0.384 e. The Bertz CT molecular complexity index is 511. The third kappa shape index (κ3) is 3.87. The van der Waals surface area contributed by atoms with Gasteiger partial charge in [-0.1, -0.05) is 5.92 Å². The zero-order valence-electron chi connectivity index (χ0n) is 9.19. The Balaban J connectivity index is 2.99. The fraction of sp³-hybridized carbons (Fsp3) is 0.167. The zero-order valence-corrected chi connectivity index (χ0v) is 9.19. The van der Waals surface area contributed by atoms with Crippen LogP contribution in [0.4, 0.5) is 5.69 Å². The summed E-state index contributed by atoms with van der Waals surface area (Å²) in [6, 6.07) is 4.14. The van der Waals surface area contributed by atoms with E-state index < -0.39 is 11.9 Å². The highest BCUT2D eigenvalue weighted by molar-refractivity contribution is 5.91. The fourth-order valence-electron chi connectivity index (χ4n) is 1.14. The maximum atomic E-state index is 11.0. The van der Waals surface area contributed by atoms with Crippen molar-refractivity contribution in [1.29, 1.82) is 0 Å². The minimum absolute atomic E-state index is 0.0261. The van der Waals surface area contributed by atoms with Gasteiger partial charge in [0.2, 0.25) is 0 Å². The predicted octanol–water partition coefficient (Wildman–Crippen LogP) is 0.882. The highest BCUT2D eigenvalue weighted by atomic mass is 16.5. The third-order valence-electron chi connectivity index (χ3n) is 1.79. The zero-order chi connectivity index (χ0) is 12.8. The standard InChI is InChI=1S/C12H11NO4/c1-2-17-11(14)4-3-8-5-9(12(15)16)7-10(13)6-8/h5-7H,2,13H2,1H3,(H,15,16). The van der Waals surface area contributed by atoms with Crippen LogP contribution in [0.25, 0.3) is 0 Å². The van der Waals surface area contributed by atoms with Crippen LogP contribution in [0.2, 0.25) is 0 Å². The molecule has 5 heteroatoms. The van der Waals surface area contributed by atoms with E-state index in [0.29, 0.717) is 5.56 Å². The Kier molecular flexibility index (Phi) is 4.12. The highest BCUT2D eigenvalue weighted by Crippen LogP contribution is 2.11. The average molecular weight is 233 g/mol. The summed E-state index contributed by atoms with van der Waals surface area (Å²) in [6.07, 6.45) is 0. The fourth-order valence-corrected chi connectivity index (χ4v) is 1.14. The van der Waals surface area contributed by atoms with Gasteiger partial charge in [-0.2, -0.15) is 0 Å². The Morgan fingerprint density at radius 1 is 1.41 bits per heavy atom. The molecule has 5 nitrogen and oxygen atoms in total. The molecular weight excluding hydrogens is 222 g/mol. The van der Waals surface area contributed by atoms with Gasteiger partial charge in [-0.25, -0.2) is 9.59 Å². The molecular formula is C12H11NO4. The quantitative estimate of drug-likeness (QED) is 0.449. The van der Waals surface area contributed by atoms with Gasteiger partial charge in [-0.3, -0.25) is 0 Å². The Morgan fingerprint density at radius 2 is 2.12 bits per heavy atom. The molecule has 0 fully saturated rings. The molecule has 17 heavy (non-hydrogen) atoms. The first-order chi connectivity index (χ1) is 8.02. The molecule has 0 radical (unpaired) electrons. The van der Waals surface area contributed by atoms with E-state index >= 15 is 0 Å². The van der Waals surface area contributed by atoms with Crippen LogP contribution in [0.5, 0.6) is 0 Å². The van der Waals surface area contributed by atoms with E-state index in [1.165, 1.54) is 18.2 Å². The maximum absolute atomic E-state index is 11.0. The van der Waals surface area contributed by atoms with Crippen molar-refractivity contribution in [2.24, 2.45) is 0 Å². The molecule has 0 saturated carbocycles. The number of anilines is 1. The first-order valence-corrected chi connectivity index (χ1v) is 4.85. The van der Waals surface area contributed by atoms with Gasteiger partial charge in [0.25, 0.3) is 0 Å². The molecule has 0 unspecified atom stereocenters. The monoisotopic (exact) mass is 233 g/mol. The van der Waals surface area contributed by atoms with Gasteiger partial charge in [0, 0.05) is 17.2 Å². The van der Waals surface area contributed by atoms with E-state index in [1.807, 2.05) is 0 Å². The second-order valence-corrected chi connectivity index (χ2v) is 3.12. The molecule has 1 aromatic rings. The number of ether oxygens (including phenoxy) is 1. The minimum Gasteiger partial charge on any atom is -0.478 e. The average Bonchev–Trinajstić information content (AvgIpc) is 2.26. The van der Waals surface area contributed by atoms with Gasteiger partial charge in [-0.05, 0) is 25.1 Å². The number of aromatic carboxylic acids is 1. The Labute approximate surface area is 98.2 Å². The molecule has 0 aromatic heterocycles. The van der Waals surface area contributed by atoms with Crippen LogP contribution < -0.4 is 5.73 Å². The highest BCUT2D eigenvalue weighted by Gasteiger charge is 2.04. The number of carboxylic acid groups (broad SMARTS) is 1. The van der Waals surface area contributed by atoms with Crippen molar-refractivity contribution in [3.63, 3.8) is 0 Å². The molecule has 0 heterocycles. The van der Waals surface area contributed by atoms with Crippen molar-refractivity contribution in [3.05, 3.63) is 29.3 Å². The number of hydrogen-bond acceptors (Lipinski definition) is 4. The topological polar surface area (TPSA) is 89.6 Å². The summed E-state index contributed by atoms with van der Waals surface area (Å²) in [7, 11) is 0. The second-order valence-electron chi connectivity index (χ2n) is 3.12. The van der Waals surface area contributed by atoms with Crippen molar-refractivity contribution in [2.75, 3.05) is 12.3 Å². The van der Waals surface area contributed by atoms with Crippen molar-refractivity contribution in [2.45, 2.75) is 6.92 Å². The number of esters is 1. The lowest BCUT2D eigenvalue weighted by atomic mass is 10.1. The number of carboxylic acids is 1. The SMILES string of the molecule is CCOC(=O)C#Cc1cc(N)cc(C(=O)O)c1. The summed E-state index contributed by atoms with van der Waals surface area (Å²) in [4.78, 5) is 21.7. The number of carbonyl (C=O) groups excluding carboxylic acids is 1. The lowest BCUT2D eigenvalue weighted by Gasteiger charge is -1.98. The van der Waals surface area contributed by atoms with Crippen molar-refractivity contribution in [3.8, 4) is 11.8 Å². The van der Waals surface area contributed by atoms with Crippen molar-refractivity contribution < 1.29 is 19.4 Å². The number of benzene rings is 1. The van der Waals surface area contributed by atoms with Crippen LogP contribution in [0.3, 0.4) is 0 Å². The Hall–Kier alpha value is -2.48. The largest absolute Gasteiger partial charge is 0.478 e. The van der Waals surface area contributed by atoms with Gasteiger partial charge in [0.15, 0.2) is 0 Å². The van der Waals surface area contributed by atoms with Gasteiger partial charge in [0.05, 0.1) is 12.2 Å². The number of carbonyl (C=O) groups is 2. The molecule has 0 aliphatic rings. The van der Waals surface area contributed by atoms with Crippen LogP contribution in [-0.2, 0) is 9.53 Å². The van der Waals surface area contributed by atoms with Crippen molar-refractivity contribution >= 4 is 17.6 Å². The number of hydrogen-bond donors (Lipinski definition) is 2. The number of nitrogens with two attached hydrogens (primary N) is 1. The summed E-state index contributed by atoms with van der Waals surface area (Å²) >= 11 is 0. The minimum atomic E-state index is -1.10. The molecule has 0 saturated heterocycles. The summed E-state index contributed by atoms with van der Waals surface area (Å²) in [5, 5.41) is 8.80. The summed E-state index contributed by atoms with van der Waals surface area (Å²) in [5.74, 6) is 2.97. The van der Waals surface area contributed by atoms with E-state index in [0.717, 1.165) is 0 Å². The summed E-state index contributed by atoms with van der Waals surface area (Å²) in [5.41, 5.74) is 6.17. The van der Waals surface area contributed by atoms with Crippen LogP contribution in [0.15, 0.2) is 18.2 Å².